The van der Waals surface area contributed by atoms with Crippen molar-refractivity contribution in [1.82, 2.24) is 5.32 Å². The molecule has 2 amide bonds. The molecule has 158 valence electrons. The second-order valence-corrected chi connectivity index (χ2v) is 7.76. The maximum absolute atomic E-state index is 12.1. The molecule has 0 atom stereocenters. The van der Waals surface area contributed by atoms with E-state index < -0.39 is 0 Å². The van der Waals surface area contributed by atoms with Crippen molar-refractivity contribution in [2.45, 2.75) is 19.3 Å². The van der Waals surface area contributed by atoms with Crippen molar-refractivity contribution in [2.24, 2.45) is 0 Å². The highest BCUT2D eigenvalue weighted by molar-refractivity contribution is 7.80. The molecule has 5 nitrogen and oxygen atoms in total. The lowest BCUT2D eigenvalue weighted by atomic mass is 10.1. The standard InChI is InChI=1S/C24H22ClN3O2S/c25-19-9-6-18(7-10-19)16-23(30)28-24(31)27-21-13-11-20(12-14-21)26-22(29)15-8-17-4-2-1-3-5-17/h1-7,9-14H,8,15-16H2,(H,26,29)(H2,27,28,30,31). The molecule has 3 rings (SSSR count). The zero-order chi connectivity index (χ0) is 22.1. The maximum atomic E-state index is 12.1. The van der Waals surface area contributed by atoms with Crippen LogP contribution in [-0.4, -0.2) is 16.9 Å². The van der Waals surface area contributed by atoms with E-state index in [0.29, 0.717) is 29.2 Å². The molecular weight excluding hydrogens is 430 g/mol. The highest BCUT2D eigenvalue weighted by atomic mass is 35.5. The molecule has 0 aliphatic heterocycles. The topological polar surface area (TPSA) is 70.2 Å². The Labute approximate surface area is 191 Å². The summed E-state index contributed by atoms with van der Waals surface area (Å²) in [5, 5.41) is 9.32. The number of rotatable bonds is 7. The maximum Gasteiger partial charge on any atom is 0.230 e. The van der Waals surface area contributed by atoms with E-state index in [1.54, 1.807) is 48.5 Å². The molecule has 0 saturated carbocycles. The minimum Gasteiger partial charge on any atom is -0.332 e. The second kappa shape index (κ2) is 11.2. The summed E-state index contributed by atoms with van der Waals surface area (Å²) in [5.74, 6) is -0.267. The zero-order valence-corrected chi connectivity index (χ0v) is 18.3. The van der Waals surface area contributed by atoms with Gasteiger partial charge in [-0.1, -0.05) is 54.1 Å². The minimum atomic E-state index is -0.220. The average Bonchev–Trinajstić information content (AvgIpc) is 2.76. The Morgan fingerprint density at radius 2 is 1.35 bits per heavy atom. The van der Waals surface area contributed by atoms with Crippen molar-refractivity contribution >= 4 is 52.1 Å². The van der Waals surface area contributed by atoms with E-state index in [0.717, 1.165) is 11.1 Å². The number of anilines is 2. The number of nitrogens with one attached hydrogen (secondary N) is 3. The number of benzene rings is 3. The Bertz CT molecular complexity index is 1040. The number of hydrogen-bond acceptors (Lipinski definition) is 3. The fraction of sp³-hybridized carbons (Fsp3) is 0.125. The van der Waals surface area contributed by atoms with Crippen LogP contribution in [0.2, 0.25) is 5.02 Å². The molecule has 0 unspecified atom stereocenters. The number of aryl methyl sites for hydroxylation is 1. The highest BCUT2D eigenvalue weighted by Crippen LogP contribution is 2.14. The third kappa shape index (κ3) is 7.85. The van der Waals surface area contributed by atoms with Crippen molar-refractivity contribution in [3.63, 3.8) is 0 Å². The molecule has 3 aromatic carbocycles. The van der Waals surface area contributed by atoms with Crippen LogP contribution in [0.15, 0.2) is 78.9 Å². The number of hydrogen-bond donors (Lipinski definition) is 3. The van der Waals surface area contributed by atoms with Gasteiger partial charge in [-0.25, -0.2) is 0 Å². The summed E-state index contributed by atoms with van der Waals surface area (Å²) < 4.78 is 0. The van der Waals surface area contributed by atoms with Crippen LogP contribution in [0, 0.1) is 0 Å². The van der Waals surface area contributed by atoms with Gasteiger partial charge in [0.05, 0.1) is 6.42 Å². The van der Waals surface area contributed by atoms with Gasteiger partial charge in [-0.15, -0.1) is 0 Å². The molecule has 3 aromatic rings. The van der Waals surface area contributed by atoms with Gasteiger partial charge in [0.2, 0.25) is 11.8 Å². The van der Waals surface area contributed by atoms with Crippen molar-refractivity contribution in [1.29, 1.82) is 0 Å². The Kier molecular flexibility index (Phi) is 8.15. The third-order valence-electron chi connectivity index (χ3n) is 4.44. The Balaban J connectivity index is 1.42. The van der Waals surface area contributed by atoms with E-state index in [9.17, 15) is 9.59 Å². The van der Waals surface area contributed by atoms with Crippen molar-refractivity contribution in [3.05, 3.63) is 95.0 Å². The predicted octanol–water partition coefficient (Wildman–Crippen LogP) is 4.97. The van der Waals surface area contributed by atoms with Gasteiger partial charge in [-0.05, 0) is 66.2 Å². The molecule has 0 heterocycles. The average molecular weight is 452 g/mol. The van der Waals surface area contributed by atoms with E-state index in [1.807, 2.05) is 30.3 Å². The van der Waals surface area contributed by atoms with Gasteiger partial charge in [-0.3, -0.25) is 9.59 Å². The molecule has 0 aliphatic rings. The van der Waals surface area contributed by atoms with Gasteiger partial charge in [0.25, 0.3) is 0 Å². The molecule has 31 heavy (non-hydrogen) atoms. The van der Waals surface area contributed by atoms with E-state index in [1.165, 1.54) is 0 Å². The largest absolute Gasteiger partial charge is 0.332 e. The first-order valence-corrected chi connectivity index (χ1v) is 10.6. The van der Waals surface area contributed by atoms with Gasteiger partial charge < -0.3 is 16.0 Å². The van der Waals surface area contributed by atoms with Crippen molar-refractivity contribution < 1.29 is 9.59 Å². The predicted molar refractivity (Wildman–Crippen MR) is 129 cm³/mol. The molecule has 0 fully saturated rings. The summed E-state index contributed by atoms with van der Waals surface area (Å²) in [6.07, 6.45) is 1.30. The molecule has 7 heteroatoms. The normalized spacial score (nSPS) is 10.2. The minimum absolute atomic E-state index is 0.0467. The van der Waals surface area contributed by atoms with E-state index in [-0.39, 0.29) is 23.3 Å². The van der Waals surface area contributed by atoms with Crippen LogP contribution in [0.3, 0.4) is 0 Å². The van der Waals surface area contributed by atoms with Crippen molar-refractivity contribution in [2.75, 3.05) is 10.6 Å². The first-order chi connectivity index (χ1) is 15.0. The number of amides is 2. The summed E-state index contributed by atoms with van der Waals surface area (Å²) >= 11 is 11.0. The van der Waals surface area contributed by atoms with E-state index in [2.05, 4.69) is 16.0 Å². The van der Waals surface area contributed by atoms with Crippen molar-refractivity contribution in [3.8, 4) is 0 Å². The molecule has 0 aromatic heterocycles. The van der Waals surface area contributed by atoms with Crippen LogP contribution in [0.5, 0.6) is 0 Å². The third-order valence-corrected chi connectivity index (χ3v) is 4.90. The number of carbonyl (C=O) groups is 2. The first-order valence-electron chi connectivity index (χ1n) is 9.77. The van der Waals surface area contributed by atoms with Crippen LogP contribution < -0.4 is 16.0 Å². The fourth-order valence-corrected chi connectivity index (χ4v) is 3.24. The van der Waals surface area contributed by atoms with Gasteiger partial charge >= 0.3 is 0 Å². The molecule has 0 saturated heterocycles. The quantitative estimate of drug-likeness (QED) is 0.444. The zero-order valence-electron chi connectivity index (χ0n) is 16.7. The summed E-state index contributed by atoms with van der Waals surface area (Å²) in [6, 6.07) is 24.1. The van der Waals surface area contributed by atoms with E-state index >= 15 is 0 Å². The highest BCUT2D eigenvalue weighted by Gasteiger charge is 2.07. The monoisotopic (exact) mass is 451 g/mol. The van der Waals surface area contributed by atoms with Gasteiger partial charge in [0.15, 0.2) is 5.11 Å². The van der Waals surface area contributed by atoms with Gasteiger partial charge in [-0.2, -0.15) is 0 Å². The summed E-state index contributed by atoms with van der Waals surface area (Å²) in [5.41, 5.74) is 3.38. The Morgan fingerprint density at radius 1 is 0.742 bits per heavy atom. The SMILES string of the molecule is O=C(Cc1ccc(Cl)cc1)NC(=S)Nc1ccc(NC(=O)CCc2ccccc2)cc1. The van der Waals surface area contributed by atoms with Crippen LogP contribution in [0.1, 0.15) is 17.5 Å². The Morgan fingerprint density at radius 3 is 2.00 bits per heavy atom. The van der Waals surface area contributed by atoms with E-state index in [4.69, 9.17) is 23.8 Å². The number of carbonyl (C=O) groups excluding carboxylic acids is 2. The lowest BCUT2D eigenvalue weighted by Crippen LogP contribution is -2.35. The fourth-order valence-electron chi connectivity index (χ4n) is 2.88. The second-order valence-electron chi connectivity index (χ2n) is 6.92. The molecular formula is C24H22ClN3O2S. The molecule has 3 N–H and O–H groups in total. The first kappa shape index (κ1) is 22.5. The lowest BCUT2D eigenvalue weighted by molar-refractivity contribution is -0.119. The lowest BCUT2D eigenvalue weighted by Gasteiger charge is -2.11. The summed E-state index contributed by atoms with van der Waals surface area (Å²) in [6.45, 7) is 0. The van der Waals surface area contributed by atoms with Crippen LogP contribution in [-0.2, 0) is 22.4 Å². The molecule has 0 radical (unpaired) electrons. The smallest absolute Gasteiger partial charge is 0.230 e. The van der Waals surface area contributed by atoms with Crippen LogP contribution in [0.25, 0.3) is 0 Å². The van der Waals surface area contributed by atoms with Crippen LogP contribution >= 0.6 is 23.8 Å². The van der Waals surface area contributed by atoms with Gasteiger partial charge in [0.1, 0.15) is 0 Å². The summed E-state index contributed by atoms with van der Waals surface area (Å²) in [7, 11) is 0. The molecule has 0 aliphatic carbocycles. The van der Waals surface area contributed by atoms with Gasteiger partial charge in [0, 0.05) is 22.8 Å². The van der Waals surface area contributed by atoms with Crippen LogP contribution in [0.4, 0.5) is 11.4 Å². The molecule has 0 bridgehead atoms. The Hall–Kier alpha value is -3.22. The summed E-state index contributed by atoms with van der Waals surface area (Å²) in [4.78, 5) is 24.3. The number of halogens is 1. The molecule has 0 spiro atoms. The number of thiocarbonyl (C=S) groups is 1.